The lowest BCUT2D eigenvalue weighted by atomic mass is 9.82. The molecule has 5 heteroatoms. The van der Waals surface area contributed by atoms with Crippen LogP contribution in [0.3, 0.4) is 0 Å². The molecule has 0 unspecified atom stereocenters. The van der Waals surface area contributed by atoms with Crippen LogP contribution in [0.1, 0.15) is 5.56 Å². The standard InChI is InChI=1S/C18H17NO4/c1-23-14-9-7-13(8-10-14)19-16(18(21)22)15(17(19)20)11-12-5-3-2-4-6-12/h2-10,15-16H,11H2,1H3,(H,21,22)/t15-,16-/m0/s1. The van der Waals surface area contributed by atoms with E-state index in [-0.39, 0.29) is 5.91 Å². The molecule has 1 N–H and O–H groups in total. The first kappa shape index (κ1) is 15.1. The summed E-state index contributed by atoms with van der Waals surface area (Å²) in [5.41, 5.74) is 1.54. The number of anilines is 1. The number of rotatable bonds is 5. The number of ether oxygens (including phenoxy) is 1. The average Bonchev–Trinajstić information content (AvgIpc) is 2.58. The van der Waals surface area contributed by atoms with E-state index in [0.29, 0.717) is 17.9 Å². The lowest BCUT2D eigenvalue weighted by Gasteiger charge is -2.44. The maximum absolute atomic E-state index is 12.5. The summed E-state index contributed by atoms with van der Waals surface area (Å²) >= 11 is 0. The van der Waals surface area contributed by atoms with Gasteiger partial charge in [-0.1, -0.05) is 30.3 Å². The van der Waals surface area contributed by atoms with Crippen LogP contribution in [0.4, 0.5) is 5.69 Å². The molecule has 0 saturated carbocycles. The number of carboxylic acids is 1. The minimum atomic E-state index is -0.985. The second-order valence-corrected chi connectivity index (χ2v) is 5.49. The molecule has 0 aromatic heterocycles. The molecule has 0 spiro atoms. The number of carbonyl (C=O) groups excluding carboxylic acids is 1. The number of benzene rings is 2. The summed E-state index contributed by atoms with van der Waals surface area (Å²) in [6.45, 7) is 0. The van der Waals surface area contributed by atoms with Gasteiger partial charge in [0.05, 0.1) is 13.0 Å². The predicted molar refractivity (Wildman–Crippen MR) is 85.5 cm³/mol. The van der Waals surface area contributed by atoms with Crippen molar-refractivity contribution in [1.82, 2.24) is 0 Å². The molecule has 0 bridgehead atoms. The first-order chi connectivity index (χ1) is 11.1. The summed E-state index contributed by atoms with van der Waals surface area (Å²) in [5.74, 6) is -1.01. The van der Waals surface area contributed by atoms with Crippen molar-refractivity contribution in [2.45, 2.75) is 12.5 Å². The summed E-state index contributed by atoms with van der Waals surface area (Å²) in [4.78, 5) is 25.4. The number of hydrogen-bond donors (Lipinski definition) is 1. The molecule has 0 aliphatic carbocycles. The molecule has 1 amide bonds. The molecule has 1 aliphatic rings. The fraction of sp³-hybridized carbons (Fsp3) is 0.222. The van der Waals surface area contributed by atoms with E-state index in [1.165, 1.54) is 4.90 Å². The Bertz CT molecular complexity index is 712. The van der Waals surface area contributed by atoms with Crippen LogP contribution in [0.5, 0.6) is 5.75 Å². The van der Waals surface area contributed by atoms with Crippen molar-refractivity contribution < 1.29 is 19.4 Å². The van der Waals surface area contributed by atoms with Crippen LogP contribution < -0.4 is 9.64 Å². The number of amides is 1. The van der Waals surface area contributed by atoms with Gasteiger partial charge in [-0.15, -0.1) is 0 Å². The van der Waals surface area contributed by atoms with Crippen molar-refractivity contribution in [3.8, 4) is 5.75 Å². The Kier molecular flexibility index (Phi) is 4.02. The molecule has 1 aliphatic heterocycles. The van der Waals surface area contributed by atoms with Gasteiger partial charge in [-0.25, -0.2) is 4.79 Å². The zero-order chi connectivity index (χ0) is 16.4. The quantitative estimate of drug-likeness (QED) is 0.861. The monoisotopic (exact) mass is 311 g/mol. The number of methoxy groups -OCH3 is 1. The molecular weight excluding hydrogens is 294 g/mol. The van der Waals surface area contributed by atoms with Crippen LogP contribution in [0.25, 0.3) is 0 Å². The number of β-lactam (4-membered cyclic amide) rings is 1. The van der Waals surface area contributed by atoms with E-state index in [0.717, 1.165) is 5.56 Å². The van der Waals surface area contributed by atoms with Crippen molar-refractivity contribution in [2.75, 3.05) is 12.0 Å². The Labute approximate surface area is 134 Å². The molecule has 2 aromatic carbocycles. The molecule has 3 rings (SSSR count). The number of nitrogens with zero attached hydrogens (tertiary/aromatic N) is 1. The second-order valence-electron chi connectivity index (χ2n) is 5.49. The van der Waals surface area contributed by atoms with Gasteiger partial charge in [0.1, 0.15) is 11.8 Å². The largest absolute Gasteiger partial charge is 0.497 e. The minimum absolute atomic E-state index is 0.161. The zero-order valence-corrected chi connectivity index (χ0v) is 12.7. The Balaban J connectivity index is 1.82. The fourth-order valence-electron chi connectivity index (χ4n) is 2.93. The van der Waals surface area contributed by atoms with Gasteiger partial charge < -0.3 is 9.84 Å². The van der Waals surface area contributed by atoms with Gasteiger partial charge >= 0.3 is 5.97 Å². The fourth-order valence-corrected chi connectivity index (χ4v) is 2.93. The molecule has 23 heavy (non-hydrogen) atoms. The van der Waals surface area contributed by atoms with E-state index in [1.807, 2.05) is 30.3 Å². The van der Waals surface area contributed by atoms with E-state index < -0.39 is 17.9 Å². The average molecular weight is 311 g/mol. The van der Waals surface area contributed by atoms with Gasteiger partial charge in [-0.05, 0) is 36.2 Å². The number of carboxylic acid groups (broad SMARTS) is 1. The molecule has 1 fully saturated rings. The van der Waals surface area contributed by atoms with E-state index in [1.54, 1.807) is 31.4 Å². The highest BCUT2D eigenvalue weighted by Crippen LogP contribution is 2.35. The van der Waals surface area contributed by atoms with E-state index in [2.05, 4.69) is 0 Å². The molecule has 1 heterocycles. The van der Waals surface area contributed by atoms with Crippen molar-refractivity contribution in [1.29, 1.82) is 0 Å². The van der Waals surface area contributed by atoms with E-state index >= 15 is 0 Å². The van der Waals surface area contributed by atoms with Crippen LogP contribution in [0, 0.1) is 5.92 Å². The highest BCUT2D eigenvalue weighted by atomic mass is 16.5. The lowest BCUT2D eigenvalue weighted by Crippen LogP contribution is -2.65. The van der Waals surface area contributed by atoms with Crippen molar-refractivity contribution in [2.24, 2.45) is 5.92 Å². The highest BCUT2D eigenvalue weighted by molar-refractivity contribution is 6.10. The summed E-state index contributed by atoms with van der Waals surface area (Å²) < 4.78 is 5.08. The maximum atomic E-state index is 12.5. The summed E-state index contributed by atoms with van der Waals surface area (Å²) in [6, 6.07) is 15.5. The highest BCUT2D eigenvalue weighted by Gasteiger charge is 2.52. The molecule has 0 radical (unpaired) electrons. The molecule has 1 saturated heterocycles. The smallest absolute Gasteiger partial charge is 0.327 e. The summed E-state index contributed by atoms with van der Waals surface area (Å²) in [5, 5.41) is 9.51. The minimum Gasteiger partial charge on any atom is -0.497 e. The van der Waals surface area contributed by atoms with E-state index in [9.17, 15) is 14.7 Å². The topological polar surface area (TPSA) is 66.8 Å². The Morgan fingerprint density at radius 3 is 2.35 bits per heavy atom. The van der Waals surface area contributed by atoms with Gasteiger partial charge in [0.25, 0.3) is 0 Å². The predicted octanol–water partition coefficient (Wildman–Crippen LogP) is 2.35. The molecular formula is C18H17NO4. The van der Waals surface area contributed by atoms with E-state index in [4.69, 9.17) is 4.74 Å². The van der Waals surface area contributed by atoms with Crippen LogP contribution in [0.15, 0.2) is 54.6 Å². The lowest BCUT2D eigenvalue weighted by molar-refractivity contribution is -0.149. The summed E-state index contributed by atoms with van der Waals surface area (Å²) in [7, 11) is 1.56. The third-order valence-corrected chi connectivity index (χ3v) is 4.12. The Morgan fingerprint density at radius 2 is 1.78 bits per heavy atom. The molecule has 2 atom stereocenters. The van der Waals surface area contributed by atoms with Crippen LogP contribution in [-0.2, 0) is 16.0 Å². The maximum Gasteiger partial charge on any atom is 0.327 e. The van der Waals surface area contributed by atoms with Crippen LogP contribution >= 0.6 is 0 Å². The first-order valence-corrected chi connectivity index (χ1v) is 7.35. The van der Waals surface area contributed by atoms with Gasteiger partial charge in [-0.3, -0.25) is 9.69 Å². The van der Waals surface area contributed by atoms with Crippen molar-refractivity contribution >= 4 is 17.6 Å². The Morgan fingerprint density at radius 1 is 1.13 bits per heavy atom. The molecule has 118 valence electrons. The van der Waals surface area contributed by atoms with Crippen molar-refractivity contribution in [3.05, 3.63) is 60.2 Å². The number of hydrogen-bond acceptors (Lipinski definition) is 3. The third-order valence-electron chi connectivity index (χ3n) is 4.12. The van der Waals surface area contributed by atoms with Gasteiger partial charge in [0, 0.05) is 5.69 Å². The van der Waals surface area contributed by atoms with Gasteiger partial charge in [0.15, 0.2) is 0 Å². The number of aliphatic carboxylic acids is 1. The summed E-state index contributed by atoms with van der Waals surface area (Å²) in [6.07, 6.45) is 0.434. The molecule has 5 nitrogen and oxygen atoms in total. The van der Waals surface area contributed by atoms with Crippen LogP contribution in [0.2, 0.25) is 0 Å². The SMILES string of the molecule is COc1ccc(N2C(=O)[C@@H](Cc3ccccc3)[C@H]2C(=O)O)cc1. The first-order valence-electron chi connectivity index (χ1n) is 7.35. The van der Waals surface area contributed by atoms with Crippen LogP contribution in [-0.4, -0.2) is 30.1 Å². The number of carbonyl (C=O) groups is 2. The van der Waals surface area contributed by atoms with Gasteiger partial charge in [0.2, 0.25) is 5.91 Å². The third kappa shape index (κ3) is 2.77. The molecule has 2 aromatic rings. The van der Waals surface area contributed by atoms with Gasteiger partial charge in [-0.2, -0.15) is 0 Å². The Hall–Kier alpha value is -2.82. The van der Waals surface area contributed by atoms with Crippen molar-refractivity contribution in [3.63, 3.8) is 0 Å². The zero-order valence-electron chi connectivity index (χ0n) is 12.7. The normalized spacial score (nSPS) is 20.0. The second kappa shape index (κ2) is 6.12.